The number of imidazole rings is 1. The number of benzene rings is 3. The number of rotatable bonds is 6. The number of thioether (sulfide) groups is 1. The molecule has 1 unspecified atom stereocenters. The first-order valence-corrected chi connectivity index (χ1v) is 10.9. The minimum atomic E-state index is -0.566. The van der Waals surface area contributed by atoms with Crippen molar-refractivity contribution in [1.82, 2.24) is 9.55 Å². The fourth-order valence-corrected chi connectivity index (χ4v) is 4.40. The number of carbonyl (C=O) groups is 1. The molecule has 156 valence electrons. The van der Waals surface area contributed by atoms with Crippen LogP contribution in [-0.2, 0) is 29.8 Å². The average molecular weight is 432 g/mol. The Morgan fingerprint density at radius 1 is 1.00 bits per heavy atom. The maximum atomic E-state index is 12.3. The van der Waals surface area contributed by atoms with E-state index in [1.165, 1.54) is 11.8 Å². The second-order valence-corrected chi connectivity index (χ2v) is 8.36. The Hall–Kier alpha value is -3.29. The van der Waals surface area contributed by atoms with Gasteiger partial charge in [0.2, 0.25) is 0 Å². The van der Waals surface area contributed by atoms with Gasteiger partial charge in [0.05, 0.1) is 23.3 Å². The number of aryl methyl sites for hydroxylation is 1. The number of ether oxygens (including phenoxy) is 2. The second-order valence-electron chi connectivity index (χ2n) is 7.25. The molecule has 4 aromatic rings. The van der Waals surface area contributed by atoms with Crippen molar-refractivity contribution in [3.05, 3.63) is 84.2 Å². The number of carbonyl (C=O) groups excluding carboxylic acids is 1. The number of fused-ring (bicyclic) bond motifs is 2. The molecule has 1 aromatic heterocycles. The zero-order valence-corrected chi connectivity index (χ0v) is 17.8. The van der Waals surface area contributed by atoms with Gasteiger partial charge < -0.3 is 19.4 Å². The van der Waals surface area contributed by atoms with Crippen LogP contribution in [0.15, 0.2) is 77.7 Å². The molecule has 0 aliphatic carbocycles. The second kappa shape index (κ2) is 8.45. The first-order valence-electron chi connectivity index (χ1n) is 9.97. The molecule has 0 spiro atoms. The largest absolute Gasteiger partial charge is 0.486 e. The number of nitrogens with one attached hydrogen (secondary N) is 1. The summed E-state index contributed by atoms with van der Waals surface area (Å²) in [5.41, 5.74) is 3.29. The van der Waals surface area contributed by atoms with Crippen molar-refractivity contribution in [3.63, 3.8) is 0 Å². The zero-order valence-electron chi connectivity index (χ0n) is 16.9. The summed E-state index contributed by atoms with van der Waals surface area (Å²) >= 11 is 1.43. The lowest BCUT2D eigenvalue weighted by Crippen LogP contribution is -2.31. The summed E-state index contributed by atoms with van der Waals surface area (Å²) in [6, 6.07) is 23.5. The molecule has 1 aliphatic heterocycles. The van der Waals surface area contributed by atoms with Crippen molar-refractivity contribution in [2.24, 2.45) is 7.05 Å². The van der Waals surface area contributed by atoms with E-state index in [9.17, 15) is 4.79 Å². The van der Waals surface area contributed by atoms with E-state index in [0.717, 1.165) is 38.8 Å². The molecular formula is C24H21N3O3S. The van der Waals surface area contributed by atoms with Gasteiger partial charge in [0.15, 0.2) is 5.44 Å². The normalized spacial score (nSPS) is 15.5. The van der Waals surface area contributed by atoms with E-state index < -0.39 is 5.44 Å². The topological polar surface area (TPSA) is 65.4 Å². The number of hydrogen-bond donors (Lipinski definition) is 1. The number of anilines is 1. The smallest absolute Gasteiger partial charge is 0.264 e. The van der Waals surface area contributed by atoms with Gasteiger partial charge in [0, 0.05) is 11.9 Å². The molecule has 31 heavy (non-hydrogen) atoms. The van der Waals surface area contributed by atoms with Gasteiger partial charge in [-0.25, -0.2) is 4.98 Å². The van der Waals surface area contributed by atoms with Crippen LogP contribution in [-0.4, -0.2) is 20.9 Å². The molecule has 1 aliphatic rings. The van der Waals surface area contributed by atoms with Crippen LogP contribution in [0, 0.1) is 0 Å². The standard InChI is InChI=1S/C24H21N3O3S/c1-27-20-8-4-2-6-18(20)25-22(27)15-29-17-12-10-16(11-13-17)14-30-24-23(28)26-19-7-3-5-9-21(19)31-24/h2-13,24H,14-15H2,1H3,(H,26,28). The van der Waals surface area contributed by atoms with E-state index in [0.29, 0.717) is 13.2 Å². The van der Waals surface area contributed by atoms with Gasteiger partial charge in [-0.15, -0.1) is 0 Å². The van der Waals surface area contributed by atoms with E-state index in [1.54, 1.807) is 0 Å². The molecule has 0 bridgehead atoms. The summed E-state index contributed by atoms with van der Waals surface area (Å²) in [7, 11) is 1.99. The number of amides is 1. The van der Waals surface area contributed by atoms with Crippen LogP contribution < -0.4 is 10.1 Å². The van der Waals surface area contributed by atoms with Gasteiger partial charge >= 0.3 is 0 Å². The number of nitrogens with zero attached hydrogens (tertiary/aromatic N) is 2. The Morgan fingerprint density at radius 3 is 2.61 bits per heavy atom. The van der Waals surface area contributed by atoms with Crippen LogP contribution >= 0.6 is 11.8 Å². The molecule has 6 nitrogen and oxygen atoms in total. The highest BCUT2D eigenvalue weighted by Crippen LogP contribution is 2.36. The fraction of sp³-hybridized carbons (Fsp3) is 0.167. The number of para-hydroxylation sites is 3. The maximum absolute atomic E-state index is 12.3. The monoisotopic (exact) mass is 431 g/mol. The molecule has 1 amide bonds. The predicted molar refractivity (Wildman–Crippen MR) is 121 cm³/mol. The predicted octanol–water partition coefficient (Wildman–Crippen LogP) is 4.74. The molecule has 5 rings (SSSR count). The molecule has 0 fully saturated rings. The van der Waals surface area contributed by atoms with E-state index in [4.69, 9.17) is 9.47 Å². The lowest BCUT2D eigenvalue weighted by Gasteiger charge is -2.24. The minimum Gasteiger partial charge on any atom is -0.486 e. The van der Waals surface area contributed by atoms with Crippen LogP contribution in [0.1, 0.15) is 11.4 Å². The molecule has 0 radical (unpaired) electrons. The lowest BCUT2D eigenvalue weighted by molar-refractivity contribution is -0.123. The van der Waals surface area contributed by atoms with Crippen molar-refractivity contribution in [2.75, 3.05) is 5.32 Å². The Bertz CT molecular complexity index is 1240. The molecule has 0 saturated carbocycles. The Morgan fingerprint density at radius 2 is 1.77 bits per heavy atom. The van der Waals surface area contributed by atoms with Gasteiger partial charge in [-0.2, -0.15) is 0 Å². The molecule has 1 N–H and O–H groups in total. The number of aromatic nitrogens is 2. The first kappa shape index (κ1) is 19.7. The molecule has 2 heterocycles. The van der Waals surface area contributed by atoms with Gasteiger partial charge in [0.25, 0.3) is 5.91 Å². The van der Waals surface area contributed by atoms with Gasteiger partial charge in [0.1, 0.15) is 18.2 Å². The summed E-state index contributed by atoms with van der Waals surface area (Å²) in [6.07, 6.45) is 0. The van der Waals surface area contributed by atoms with Crippen LogP contribution in [0.2, 0.25) is 0 Å². The third-order valence-electron chi connectivity index (χ3n) is 5.17. The van der Waals surface area contributed by atoms with E-state index in [1.807, 2.05) is 84.4 Å². The Kier molecular flexibility index (Phi) is 5.36. The third kappa shape index (κ3) is 4.15. The molecule has 1 atom stereocenters. The van der Waals surface area contributed by atoms with Crippen molar-refractivity contribution in [2.45, 2.75) is 23.5 Å². The number of hydrogen-bond acceptors (Lipinski definition) is 5. The van der Waals surface area contributed by atoms with Crippen molar-refractivity contribution in [3.8, 4) is 5.75 Å². The highest BCUT2D eigenvalue weighted by molar-refractivity contribution is 8.00. The van der Waals surface area contributed by atoms with Crippen LogP contribution in [0.25, 0.3) is 11.0 Å². The van der Waals surface area contributed by atoms with Crippen molar-refractivity contribution >= 4 is 34.4 Å². The summed E-state index contributed by atoms with van der Waals surface area (Å²) in [4.78, 5) is 17.9. The van der Waals surface area contributed by atoms with E-state index in [2.05, 4.69) is 10.3 Å². The quantitative estimate of drug-likeness (QED) is 0.478. The lowest BCUT2D eigenvalue weighted by atomic mass is 10.2. The van der Waals surface area contributed by atoms with Crippen molar-refractivity contribution < 1.29 is 14.3 Å². The summed E-state index contributed by atoms with van der Waals surface area (Å²) < 4.78 is 13.8. The average Bonchev–Trinajstić information content (AvgIpc) is 3.12. The van der Waals surface area contributed by atoms with E-state index >= 15 is 0 Å². The van der Waals surface area contributed by atoms with Gasteiger partial charge in [-0.05, 0) is 42.0 Å². The zero-order chi connectivity index (χ0) is 21.2. The Labute approximate surface area is 184 Å². The minimum absolute atomic E-state index is 0.133. The van der Waals surface area contributed by atoms with Gasteiger partial charge in [-0.3, -0.25) is 4.79 Å². The van der Waals surface area contributed by atoms with Gasteiger partial charge in [-0.1, -0.05) is 48.2 Å². The SMILES string of the molecule is Cn1c(COc2ccc(COC3Sc4ccccc4NC3=O)cc2)nc2ccccc21. The third-order valence-corrected chi connectivity index (χ3v) is 6.34. The van der Waals surface area contributed by atoms with Crippen LogP contribution in [0.5, 0.6) is 5.75 Å². The molecule has 3 aromatic carbocycles. The first-order chi connectivity index (χ1) is 15.2. The molecular weight excluding hydrogens is 410 g/mol. The van der Waals surface area contributed by atoms with Crippen molar-refractivity contribution in [1.29, 1.82) is 0 Å². The molecule has 0 saturated heterocycles. The highest BCUT2D eigenvalue weighted by atomic mass is 32.2. The summed E-state index contributed by atoms with van der Waals surface area (Å²) in [6.45, 7) is 0.734. The van der Waals surface area contributed by atoms with E-state index in [-0.39, 0.29) is 5.91 Å². The fourth-order valence-electron chi connectivity index (χ4n) is 3.47. The van der Waals surface area contributed by atoms with Crippen LogP contribution in [0.4, 0.5) is 5.69 Å². The maximum Gasteiger partial charge on any atom is 0.264 e. The summed E-state index contributed by atoms with van der Waals surface area (Å²) in [5, 5.41) is 2.89. The molecule has 7 heteroatoms. The highest BCUT2D eigenvalue weighted by Gasteiger charge is 2.27. The summed E-state index contributed by atoms with van der Waals surface area (Å²) in [5.74, 6) is 1.50. The Balaban J connectivity index is 1.18. The van der Waals surface area contributed by atoms with Crippen LogP contribution in [0.3, 0.4) is 0 Å².